The topological polar surface area (TPSA) is 57.4 Å². The predicted octanol–water partition coefficient (Wildman–Crippen LogP) is 11.0. The van der Waals surface area contributed by atoms with E-state index in [-0.39, 0.29) is 0 Å². The van der Waals surface area contributed by atoms with Crippen LogP contribution in [0.4, 0.5) is 0 Å². The van der Waals surface area contributed by atoms with Gasteiger partial charge in [0.15, 0.2) is 0 Å². The van der Waals surface area contributed by atoms with Gasteiger partial charge in [0.05, 0.1) is 22.8 Å². The lowest BCUT2D eigenvalue weighted by atomic mass is 10.0. The van der Waals surface area contributed by atoms with Gasteiger partial charge in [-0.25, -0.2) is 9.97 Å². The molecule has 4 heteroatoms. The largest absolute Gasteiger partial charge is 0.355 e. The molecule has 0 saturated heterocycles. The van der Waals surface area contributed by atoms with E-state index in [9.17, 15) is 0 Å². The second-order valence-electron chi connectivity index (χ2n) is 13.6. The Morgan fingerprint density at radius 2 is 0.558 bits per heavy atom. The molecule has 0 fully saturated rings. The number of hydrogen-bond acceptors (Lipinski definition) is 2. The first-order valence-corrected chi connectivity index (χ1v) is 18.0. The number of aromatic nitrogens is 4. The number of H-pyrrole nitrogens is 2. The Labute approximate surface area is 303 Å². The molecule has 8 bridgehead atoms. The predicted molar refractivity (Wildman–Crippen MR) is 216 cm³/mol. The van der Waals surface area contributed by atoms with Gasteiger partial charge in [-0.1, -0.05) is 121 Å². The van der Waals surface area contributed by atoms with Crippen LogP contribution in [0, 0.1) is 0 Å². The van der Waals surface area contributed by atoms with Gasteiger partial charge in [-0.2, -0.15) is 0 Å². The summed E-state index contributed by atoms with van der Waals surface area (Å²) in [4.78, 5) is 18.5. The minimum absolute atomic E-state index is 0.729. The molecule has 250 valence electrons. The Kier molecular flexibility index (Phi) is 8.47. The molecule has 0 spiro atoms. The molecule has 4 aromatic carbocycles. The van der Waals surface area contributed by atoms with Crippen LogP contribution in [0.15, 0.2) is 146 Å². The molecule has 0 amide bonds. The molecule has 52 heavy (non-hydrogen) atoms. The third kappa shape index (κ3) is 6.55. The van der Waals surface area contributed by atoms with Gasteiger partial charge in [0.1, 0.15) is 0 Å². The fourth-order valence-corrected chi connectivity index (χ4v) is 7.39. The first-order valence-electron chi connectivity index (χ1n) is 18.0. The maximum absolute atomic E-state index is 5.39. The highest BCUT2D eigenvalue weighted by Crippen LogP contribution is 2.30. The molecule has 0 atom stereocenters. The lowest BCUT2D eigenvalue weighted by Crippen LogP contribution is -1.98. The van der Waals surface area contributed by atoms with E-state index < -0.39 is 0 Å². The van der Waals surface area contributed by atoms with Crippen LogP contribution in [0.2, 0.25) is 0 Å². The van der Waals surface area contributed by atoms with Crippen molar-refractivity contribution in [3.05, 3.63) is 213 Å². The highest BCUT2D eigenvalue weighted by molar-refractivity contribution is 5.84. The van der Waals surface area contributed by atoms with Crippen LogP contribution < -0.4 is 0 Å². The molecule has 0 aliphatic carbocycles. The molecule has 0 radical (unpaired) electrons. The molecule has 4 nitrogen and oxygen atoms in total. The quantitative estimate of drug-likeness (QED) is 0.169. The number of nitrogens with zero attached hydrogens (tertiary/aromatic N) is 2. The van der Waals surface area contributed by atoms with Crippen molar-refractivity contribution in [1.82, 2.24) is 19.9 Å². The lowest BCUT2D eigenvalue weighted by Gasteiger charge is -2.07. The number of rotatable bonds is 8. The van der Waals surface area contributed by atoms with Gasteiger partial charge in [-0.05, 0) is 70.8 Å². The maximum Gasteiger partial charge on any atom is 0.0694 e. The van der Waals surface area contributed by atoms with E-state index in [1.54, 1.807) is 0 Å². The summed E-state index contributed by atoms with van der Waals surface area (Å²) in [5.74, 6) is 0. The Morgan fingerprint density at radius 1 is 0.288 bits per heavy atom. The fourth-order valence-electron chi connectivity index (χ4n) is 7.39. The number of hydrogen-bond donors (Lipinski definition) is 2. The van der Waals surface area contributed by atoms with Gasteiger partial charge in [0.2, 0.25) is 0 Å². The van der Waals surface area contributed by atoms with Crippen molar-refractivity contribution in [3.63, 3.8) is 0 Å². The molecule has 5 heterocycles. The van der Waals surface area contributed by atoms with E-state index in [0.717, 1.165) is 87.2 Å². The minimum atomic E-state index is 0.729. The van der Waals surface area contributed by atoms with Crippen molar-refractivity contribution in [3.8, 4) is 0 Å². The smallest absolute Gasteiger partial charge is 0.0694 e. The third-order valence-electron chi connectivity index (χ3n) is 10.1. The second-order valence-corrected chi connectivity index (χ2v) is 13.6. The Hall–Kier alpha value is -6.52. The molecule has 9 rings (SSSR count). The number of aromatic amines is 2. The highest BCUT2D eigenvalue weighted by atomic mass is 14.8. The van der Waals surface area contributed by atoms with Crippen molar-refractivity contribution >= 4 is 46.4 Å². The molecule has 7 aromatic rings. The van der Waals surface area contributed by atoms with E-state index in [2.05, 4.69) is 180 Å². The number of benzene rings is 4. The molecule has 0 unspecified atom stereocenters. The normalized spacial score (nSPS) is 12.0. The molecule has 2 aliphatic rings. The summed E-state index contributed by atoms with van der Waals surface area (Å²) in [5, 5.41) is 0. The van der Waals surface area contributed by atoms with Gasteiger partial charge in [0.25, 0.3) is 0 Å². The van der Waals surface area contributed by atoms with Crippen molar-refractivity contribution in [2.75, 3.05) is 0 Å². The van der Waals surface area contributed by atoms with Crippen molar-refractivity contribution < 1.29 is 0 Å². The monoisotopic (exact) mass is 670 g/mol. The lowest BCUT2D eigenvalue weighted by molar-refractivity contribution is 1.09. The minimum Gasteiger partial charge on any atom is -0.355 e. The first kappa shape index (κ1) is 31.5. The van der Waals surface area contributed by atoms with Crippen LogP contribution >= 0.6 is 0 Å². The molecule has 3 aromatic heterocycles. The number of fused-ring (bicyclic) bond motifs is 8. The standard InChI is InChI=1S/C48H38N4/c1-5-13-33(14-6-1)29-37-41-21-23-43(49-41)38(30-34-15-7-2-8-16-34)45-25-27-47(51-45)40(32-36-19-11-4-12-20-36)48-28-26-46(52-48)39(44-24-22-42(37)50-44)31-35-17-9-3-10-18-35/h1-28,49-50H,29-32H2. The third-order valence-corrected chi connectivity index (χ3v) is 10.1. The van der Waals surface area contributed by atoms with E-state index >= 15 is 0 Å². The van der Waals surface area contributed by atoms with Crippen LogP contribution in [-0.4, -0.2) is 19.9 Å². The van der Waals surface area contributed by atoms with E-state index in [0.29, 0.717) is 0 Å². The van der Waals surface area contributed by atoms with Gasteiger partial charge in [-0.15, -0.1) is 0 Å². The van der Waals surface area contributed by atoms with Gasteiger partial charge < -0.3 is 9.97 Å². The van der Waals surface area contributed by atoms with Crippen molar-refractivity contribution in [1.29, 1.82) is 0 Å². The highest BCUT2D eigenvalue weighted by Gasteiger charge is 2.18. The van der Waals surface area contributed by atoms with Crippen LogP contribution in [0.25, 0.3) is 46.4 Å². The Morgan fingerprint density at radius 3 is 0.904 bits per heavy atom. The zero-order valence-corrected chi connectivity index (χ0v) is 28.9. The Bertz CT molecular complexity index is 2450. The zero-order chi connectivity index (χ0) is 34.7. The molecule has 2 N–H and O–H groups in total. The van der Waals surface area contributed by atoms with E-state index in [1.807, 2.05) is 0 Å². The van der Waals surface area contributed by atoms with Crippen LogP contribution in [0.3, 0.4) is 0 Å². The van der Waals surface area contributed by atoms with Crippen LogP contribution in [0.5, 0.6) is 0 Å². The molecular formula is C48H38N4. The SMILES string of the molecule is C1=Cc2nc1c(Cc1ccccc1)c1nc(c(Cc3ccccc3)c3ccc([nH]3)c(Cc3ccccc3)c3ccc([nH]3)c2Cc2ccccc2)C=C1. The van der Waals surface area contributed by atoms with Crippen LogP contribution in [0.1, 0.15) is 67.3 Å². The van der Waals surface area contributed by atoms with Crippen molar-refractivity contribution in [2.24, 2.45) is 0 Å². The summed E-state index contributed by atoms with van der Waals surface area (Å²) < 4.78 is 0. The maximum atomic E-state index is 5.39. The molecule has 0 saturated carbocycles. The summed E-state index contributed by atoms with van der Waals surface area (Å²) >= 11 is 0. The first-order chi connectivity index (χ1) is 25.7. The Balaban J connectivity index is 1.36. The summed E-state index contributed by atoms with van der Waals surface area (Å²) in [5.41, 5.74) is 17.8. The fraction of sp³-hybridized carbons (Fsp3) is 0.0833. The van der Waals surface area contributed by atoms with E-state index in [1.165, 1.54) is 27.8 Å². The average molecular weight is 671 g/mol. The van der Waals surface area contributed by atoms with Crippen molar-refractivity contribution in [2.45, 2.75) is 25.7 Å². The summed E-state index contributed by atoms with van der Waals surface area (Å²) in [6.07, 6.45) is 11.7. The van der Waals surface area contributed by atoms with Gasteiger partial charge >= 0.3 is 0 Å². The van der Waals surface area contributed by atoms with E-state index in [4.69, 9.17) is 9.97 Å². The zero-order valence-electron chi connectivity index (χ0n) is 28.9. The molecule has 2 aliphatic heterocycles. The van der Waals surface area contributed by atoms with Crippen LogP contribution in [-0.2, 0) is 25.7 Å². The summed E-state index contributed by atoms with van der Waals surface area (Å²) in [6, 6.07) is 51.6. The summed E-state index contributed by atoms with van der Waals surface area (Å²) in [6.45, 7) is 0. The van der Waals surface area contributed by atoms with Gasteiger partial charge in [0, 0.05) is 70.0 Å². The molecular weight excluding hydrogens is 633 g/mol. The van der Waals surface area contributed by atoms with Gasteiger partial charge in [-0.3, -0.25) is 0 Å². The second kappa shape index (κ2) is 14.0. The summed E-state index contributed by atoms with van der Waals surface area (Å²) in [7, 11) is 0. The average Bonchev–Trinajstić information content (AvgIpc) is 4.04. The number of nitrogens with one attached hydrogen (secondary N) is 2.